The summed E-state index contributed by atoms with van der Waals surface area (Å²) in [5.74, 6) is 2.07. The smallest absolute Gasteiger partial charge is 0.213 e. The first-order chi connectivity index (χ1) is 13.7. The number of guanidine groups is 1. The third-order valence-electron chi connectivity index (χ3n) is 3.71. The second-order valence-electron chi connectivity index (χ2n) is 5.85. The van der Waals surface area contributed by atoms with Crippen molar-refractivity contribution in [2.24, 2.45) is 4.99 Å². The van der Waals surface area contributed by atoms with Crippen LogP contribution in [0.4, 0.5) is 4.39 Å². The first-order valence-electron chi connectivity index (χ1n) is 9.11. The first-order valence-corrected chi connectivity index (χ1v) is 10.1. The molecule has 0 amide bonds. The molecule has 0 saturated carbocycles. The van der Waals surface area contributed by atoms with E-state index in [2.05, 4.69) is 20.6 Å². The third-order valence-corrected chi connectivity index (χ3v) is 4.81. The Hall–Kier alpha value is -1.59. The molecule has 29 heavy (non-hydrogen) atoms. The van der Waals surface area contributed by atoms with Crippen LogP contribution >= 0.6 is 35.7 Å². The number of thioether (sulfide) groups is 1. The lowest BCUT2D eigenvalue weighted by Gasteiger charge is -2.12. The van der Waals surface area contributed by atoms with Gasteiger partial charge in [0.1, 0.15) is 12.4 Å². The van der Waals surface area contributed by atoms with Gasteiger partial charge in [0.05, 0.1) is 6.61 Å². The van der Waals surface area contributed by atoms with Crippen LogP contribution in [0.5, 0.6) is 5.88 Å². The zero-order chi connectivity index (χ0) is 20.0. The van der Waals surface area contributed by atoms with Crippen LogP contribution in [0.15, 0.2) is 52.5 Å². The predicted octanol–water partition coefficient (Wildman–Crippen LogP) is 3.71. The van der Waals surface area contributed by atoms with Gasteiger partial charge in [-0.2, -0.15) is 0 Å². The molecule has 9 heteroatoms. The monoisotopic (exact) mass is 534 g/mol. The molecule has 6 nitrogen and oxygen atoms in total. The summed E-state index contributed by atoms with van der Waals surface area (Å²) in [6.45, 7) is 2.44. The van der Waals surface area contributed by atoms with E-state index in [-0.39, 0.29) is 29.8 Å². The molecule has 0 aliphatic heterocycles. The topological polar surface area (TPSA) is 67.8 Å². The van der Waals surface area contributed by atoms with Gasteiger partial charge in [0.25, 0.3) is 0 Å². The van der Waals surface area contributed by atoms with Gasteiger partial charge < -0.3 is 20.1 Å². The van der Waals surface area contributed by atoms with E-state index in [0.29, 0.717) is 25.6 Å². The van der Waals surface area contributed by atoms with Crippen LogP contribution in [0.2, 0.25) is 0 Å². The summed E-state index contributed by atoms with van der Waals surface area (Å²) in [7, 11) is 3.38. The number of nitrogens with zero attached hydrogens (tertiary/aromatic N) is 2. The Morgan fingerprint density at radius 2 is 1.93 bits per heavy atom. The van der Waals surface area contributed by atoms with E-state index in [1.54, 1.807) is 44.2 Å². The van der Waals surface area contributed by atoms with E-state index >= 15 is 0 Å². The fourth-order valence-electron chi connectivity index (χ4n) is 2.24. The molecule has 2 aromatic rings. The summed E-state index contributed by atoms with van der Waals surface area (Å²) in [5.41, 5.74) is 1.04. The van der Waals surface area contributed by atoms with Crippen LogP contribution < -0.4 is 15.4 Å². The van der Waals surface area contributed by atoms with Crippen LogP contribution in [-0.4, -0.2) is 50.6 Å². The molecule has 0 aliphatic rings. The molecule has 2 N–H and O–H groups in total. The molecule has 0 radical (unpaired) electrons. The average molecular weight is 534 g/mol. The minimum Gasteiger partial charge on any atom is -0.475 e. The number of hydrogen-bond donors (Lipinski definition) is 2. The van der Waals surface area contributed by atoms with Crippen LogP contribution in [-0.2, 0) is 11.3 Å². The maximum atomic E-state index is 12.9. The summed E-state index contributed by atoms with van der Waals surface area (Å²) in [6, 6.07) is 10.4. The molecule has 1 heterocycles. The lowest BCUT2D eigenvalue weighted by atomic mass is 10.3. The highest BCUT2D eigenvalue weighted by molar-refractivity contribution is 14.0. The minimum atomic E-state index is -0.204. The fraction of sp³-hybridized carbons (Fsp3) is 0.400. The number of nitrogens with one attached hydrogen (secondary N) is 2. The number of aliphatic imine (C=N–C) groups is 1. The predicted molar refractivity (Wildman–Crippen MR) is 127 cm³/mol. The number of pyridine rings is 1. The van der Waals surface area contributed by atoms with Gasteiger partial charge in [0, 0.05) is 44.4 Å². The molecule has 0 unspecified atom stereocenters. The quantitative estimate of drug-likeness (QED) is 0.151. The van der Waals surface area contributed by atoms with Crippen molar-refractivity contribution in [1.29, 1.82) is 0 Å². The van der Waals surface area contributed by atoms with E-state index in [1.807, 2.05) is 12.1 Å². The van der Waals surface area contributed by atoms with Gasteiger partial charge >= 0.3 is 0 Å². The maximum absolute atomic E-state index is 12.9. The number of benzene rings is 1. The van der Waals surface area contributed by atoms with Crippen LogP contribution in [0.1, 0.15) is 12.0 Å². The average Bonchev–Trinajstić information content (AvgIpc) is 2.72. The maximum Gasteiger partial charge on any atom is 0.213 e. The van der Waals surface area contributed by atoms with Crippen molar-refractivity contribution in [1.82, 2.24) is 15.6 Å². The van der Waals surface area contributed by atoms with Crippen molar-refractivity contribution in [2.75, 3.05) is 39.7 Å². The van der Waals surface area contributed by atoms with E-state index in [1.165, 1.54) is 12.1 Å². The van der Waals surface area contributed by atoms with E-state index in [4.69, 9.17) is 9.47 Å². The Labute approximate surface area is 193 Å². The third kappa shape index (κ3) is 10.7. The highest BCUT2D eigenvalue weighted by atomic mass is 127. The lowest BCUT2D eigenvalue weighted by Crippen LogP contribution is -2.37. The lowest BCUT2D eigenvalue weighted by molar-refractivity contribution is 0.143. The second kappa shape index (κ2) is 15.3. The van der Waals surface area contributed by atoms with Gasteiger partial charge in [-0.3, -0.25) is 4.99 Å². The van der Waals surface area contributed by atoms with Crippen LogP contribution in [0, 0.1) is 5.82 Å². The van der Waals surface area contributed by atoms with Gasteiger partial charge in [-0.1, -0.05) is 6.07 Å². The largest absolute Gasteiger partial charge is 0.475 e. The highest BCUT2D eigenvalue weighted by Crippen LogP contribution is 2.18. The van der Waals surface area contributed by atoms with Crippen molar-refractivity contribution < 1.29 is 13.9 Å². The van der Waals surface area contributed by atoms with Crippen LogP contribution in [0.25, 0.3) is 0 Å². The fourth-order valence-corrected chi connectivity index (χ4v) is 3.09. The SMILES string of the molecule is CN=C(NCCCSc1ccc(F)cc1)NCc1ccc(OCCOC)nc1.I. The summed E-state index contributed by atoms with van der Waals surface area (Å²) in [6.07, 6.45) is 2.75. The Balaban J connectivity index is 0.00000420. The molecule has 0 atom stereocenters. The highest BCUT2D eigenvalue weighted by Gasteiger charge is 2.01. The summed E-state index contributed by atoms with van der Waals surface area (Å²) in [5, 5.41) is 6.55. The number of halogens is 2. The normalized spacial score (nSPS) is 10.9. The van der Waals surface area contributed by atoms with Crippen LogP contribution in [0.3, 0.4) is 0 Å². The molecule has 160 valence electrons. The summed E-state index contributed by atoms with van der Waals surface area (Å²) < 4.78 is 23.3. The van der Waals surface area contributed by atoms with Crippen molar-refractivity contribution in [2.45, 2.75) is 17.9 Å². The summed E-state index contributed by atoms with van der Waals surface area (Å²) >= 11 is 1.71. The van der Waals surface area contributed by atoms with E-state index in [0.717, 1.165) is 35.1 Å². The van der Waals surface area contributed by atoms with Crippen molar-refractivity contribution in [3.8, 4) is 5.88 Å². The van der Waals surface area contributed by atoms with Crippen molar-refractivity contribution >= 4 is 41.7 Å². The number of methoxy groups -OCH3 is 1. The van der Waals surface area contributed by atoms with E-state index < -0.39 is 0 Å². The molecule has 1 aromatic heterocycles. The van der Waals surface area contributed by atoms with Gasteiger partial charge in [0.2, 0.25) is 5.88 Å². The number of hydrogen-bond acceptors (Lipinski definition) is 5. The first kappa shape index (κ1) is 25.4. The zero-order valence-electron chi connectivity index (χ0n) is 16.7. The standard InChI is InChI=1S/C20H27FN4O2S.HI/c1-22-20(23-10-3-13-28-18-7-5-17(21)6-8-18)25-15-16-4-9-19(24-14-16)27-12-11-26-2;/h4-9,14H,3,10-13,15H2,1-2H3,(H2,22,23,25);1H. The minimum absolute atomic E-state index is 0. The molecule has 0 aliphatic carbocycles. The Bertz CT molecular complexity index is 717. The molecule has 0 saturated heterocycles. The molecular weight excluding hydrogens is 506 g/mol. The molecule has 0 bridgehead atoms. The van der Waals surface area contributed by atoms with Gasteiger partial charge in [-0.25, -0.2) is 9.37 Å². The van der Waals surface area contributed by atoms with E-state index in [9.17, 15) is 4.39 Å². The molecule has 1 aromatic carbocycles. The Morgan fingerprint density at radius 1 is 1.14 bits per heavy atom. The van der Waals surface area contributed by atoms with Gasteiger partial charge in [-0.05, 0) is 42.0 Å². The molecular formula is C20H28FIN4O2S. The second-order valence-corrected chi connectivity index (χ2v) is 7.02. The Morgan fingerprint density at radius 3 is 2.59 bits per heavy atom. The zero-order valence-corrected chi connectivity index (χ0v) is 19.8. The van der Waals surface area contributed by atoms with Crippen molar-refractivity contribution in [3.05, 3.63) is 54.0 Å². The number of aromatic nitrogens is 1. The molecule has 0 spiro atoms. The number of rotatable bonds is 11. The molecule has 2 rings (SSSR count). The van der Waals surface area contributed by atoms with Crippen molar-refractivity contribution in [3.63, 3.8) is 0 Å². The number of ether oxygens (including phenoxy) is 2. The summed E-state index contributed by atoms with van der Waals surface area (Å²) in [4.78, 5) is 9.57. The Kier molecular flexibility index (Phi) is 13.4. The van der Waals surface area contributed by atoms with Gasteiger partial charge in [0.15, 0.2) is 5.96 Å². The van der Waals surface area contributed by atoms with Gasteiger partial charge in [-0.15, -0.1) is 35.7 Å². The molecule has 0 fully saturated rings.